The molecule has 0 saturated carbocycles. The zero-order valence-corrected chi connectivity index (χ0v) is 19.8. The molecule has 8 heteroatoms. The van der Waals surface area contributed by atoms with Gasteiger partial charge in [0.25, 0.3) is 5.91 Å². The van der Waals surface area contributed by atoms with Gasteiger partial charge in [0.15, 0.2) is 0 Å². The molecule has 3 aromatic carbocycles. The second-order valence-electron chi connectivity index (χ2n) is 7.00. The lowest BCUT2D eigenvalue weighted by molar-refractivity contribution is -0.122. The maximum atomic E-state index is 13.1. The van der Waals surface area contributed by atoms with E-state index in [0.29, 0.717) is 28.1 Å². The fourth-order valence-electron chi connectivity index (χ4n) is 3.03. The summed E-state index contributed by atoms with van der Waals surface area (Å²) in [7, 11) is 0. The Kier molecular flexibility index (Phi) is 7.03. The minimum absolute atomic E-state index is 0.183. The van der Waals surface area contributed by atoms with E-state index < -0.39 is 0 Å². The maximum absolute atomic E-state index is 13.1. The predicted molar refractivity (Wildman–Crippen MR) is 130 cm³/mol. The Labute approximate surface area is 202 Å². The molecule has 4 rings (SSSR count). The van der Waals surface area contributed by atoms with Crippen molar-refractivity contribution in [1.82, 2.24) is 4.90 Å². The summed E-state index contributed by atoms with van der Waals surface area (Å²) in [4.78, 5) is 14.9. The van der Waals surface area contributed by atoms with Crippen molar-refractivity contribution >= 4 is 56.2 Å². The number of amides is 1. The minimum atomic E-state index is -0.324. The molecule has 0 aliphatic carbocycles. The largest absolute Gasteiger partial charge is 0.488 e. The highest BCUT2D eigenvalue weighted by Crippen LogP contribution is 2.35. The van der Waals surface area contributed by atoms with Gasteiger partial charge in [-0.3, -0.25) is 9.69 Å². The lowest BCUT2D eigenvalue weighted by atomic mass is 10.2. The highest BCUT2D eigenvalue weighted by Gasteiger charge is 2.32. The summed E-state index contributed by atoms with van der Waals surface area (Å²) in [6.07, 6.45) is 1.78. The van der Waals surface area contributed by atoms with Gasteiger partial charge in [0, 0.05) is 0 Å². The number of carbonyl (C=O) groups is 1. The first-order chi connectivity index (χ1) is 15.4. The fraction of sp³-hybridized carbons (Fsp3) is 0.0833. The zero-order chi connectivity index (χ0) is 22.7. The summed E-state index contributed by atoms with van der Waals surface area (Å²) >= 11 is 10.1. The average Bonchev–Trinajstić information content (AvgIpc) is 3.03. The molecule has 1 saturated heterocycles. The summed E-state index contributed by atoms with van der Waals surface area (Å²) in [6.45, 7) is 0.600. The summed E-state index contributed by atoms with van der Waals surface area (Å²) in [5.41, 5.74) is 2.47. The van der Waals surface area contributed by atoms with Gasteiger partial charge in [-0.05, 0) is 75.1 Å². The van der Waals surface area contributed by atoms with Crippen LogP contribution in [0.5, 0.6) is 5.75 Å². The number of halogens is 3. The maximum Gasteiger partial charge on any atom is 0.266 e. The summed E-state index contributed by atoms with van der Waals surface area (Å²) in [5.74, 6) is -0.163. The van der Waals surface area contributed by atoms with Crippen molar-refractivity contribution < 1.29 is 18.3 Å². The average molecular weight is 532 g/mol. The van der Waals surface area contributed by atoms with Crippen LogP contribution < -0.4 is 4.74 Å². The van der Waals surface area contributed by atoms with Crippen LogP contribution in [0.3, 0.4) is 0 Å². The number of carbonyl (C=O) groups excluding carboxylic acids is 1. The van der Waals surface area contributed by atoms with Crippen LogP contribution in [0.15, 0.2) is 76.1 Å². The predicted octanol–water partition coefficient (Wildman–Crippen LogP) is 6.71. The lowest BCUT2D eigenvalue weighted by Crippen LogP contribution is -2.27. The van der Waals surface area contributed by atoms with E-state index in [4.69, 9.17) is 17.0 Å². The molecule has 1 heterocycles. The van der Waals surface area contributed by atoms with Gasteiger partial charge in [-0.15, -0.1) is 0 Å². The summed E-state index contributed by atoms with van der Waals surface area (Å²) < 4.78 is 33.1. The number of thiocarbonyl (C=S) groups is 1. The van der Waals surface area contributed by atoms with E-state index in [0.717, 1.165) is 21.2 Å². The number of nitrogens with zero attached hydrogens (tertiary/aromatic N) is 1. The monoisotopic (exact) mass is 531 g/mol. The normalized spacial score (nSPS) is 15.0. The van der Waals surface area contributed by atoms with Crippen LogP contribution in [0.4, 0.5) is 8.78 Å². The van der Waals surface area contributed by atoms with Gasteiger partial charge in [0.05, 0.1) is 15.9 Å². The van der Waals surface area contributed by atoms with Crippen LogP contribution >= 0.6 is 39.9 Å². The van der Waals surface area contributed by atoms with Crippen LogP contribution in [-0.2, 0) is 17.9 Å². The van der Waals surface area contributed by atoms with Crippen molar-refractivity contribution in [3.8, 4) is 5.75 Å². The molecule has 1 aliphatic rings. The molecule has 32 heavy (non-hydrogen) atoms. The Balaban J connectivity index is 1.44. The van der Waals surface area contributed by atoms with Gasteiger partial charge in [-0.2, -0.15) is 0 Å². The molecule has 0 radical (unpaired) electrons. The summed E-state index contributed by atoms with van der Waals surface area (Å²) in [5, 5.41) is 0. The minimum Gasteiger partial charge on any atom is -0.488 e. The van der Waals surface area contributed by atoms with Gasteiger partial charge >= 0.3 is 0 Å². The Hall–Kier alpha value is -2.55. The number of benzene rings is 3. The van der Waals surface area contributed by atoms with Crippen molar-refractivity contribution in [2.24, 2.45) is 0 Å². The first-order valence-corrected chi connectivity index (χ1v) is 11.6. The molecule has 1 fully saturated rings. The van der Waals surface area contributed by atoms with E-state index in [1.165, 1.54) is 40.9 Å². The Morgan fingerprint density at radius 1 is 0.969 bits per heavy atom. The topological polar surface area (TPSA) is 29.5 Å². The number of hydrogen-bond acceptors (Lipinski definition) is 4. The van der Waals surface area contributed by atoms with E-state index in [2.05, 4.69) is 15.9 Å². The number of thioether (sulfide) groups is 1. The molecule has 0 aromatic heterocycles. The molecular formula is C24H16BrF2NO2S2. The van der Waals surface area contributed by atoms with Gasteiger partial charge < -0.3 is 4.74 Å². The van der Waals surface area contributed by atoms with Crippen LogP contribution in [0.2, 0.25) is 0 Å². The fourth-order valence-corrected chi connectivity index (χ4v) is 4.79. The van der Waals surface area contributed by atoms with E-state index >= 15 is 0 Å². The third-order valence-corrected chi connectivity index (χ3v) is 6.69. The quantitative estimate of drug-likeness (QED) is 0.261. The van der Waals surface area contributed by atoms with Gasteiger partial charge in [0.1, 0.15) is 28.3 Å². The number of ether oxygens (including phenoxy) is 1. The molecule has 3 aromatic rings. The lowest BCUT2D eigenvalue weighted by Gasteiger charge is -2.14. The van der Waals surface area contributed by atoms with Crippen molar-refractivity contribution in [2.75, 3.05) is 0 Å². The smallest absolute Gasteiger partial charge is 0.266 e. The first-order valence-electron chi connectivity index (χ1n) is 9.55. The molecule has 1 aliphatic heterocycles. The Morgan fingerprint density at radius 3 is 2.22 bits per heavy atom. The van der Waals surface area contributed by atoms with Gasteiger partial charge in [-0.1, -0.05) is 54.3 Å². The summed E-state index contributed by atoms with van der Waals surface area (Å²) in [6, 6.07) is 17.6. The molecule has 0 atom stereocenters. The molecule has 0 spiro atoms. The van der Waals surface area contributed by atoms with Crippen LogP contribution in [0, 0.1) is 11.6 Å². The van der Waals surface area contributed by atoms with Crippen LogP contribution in [0.25, 0.3) is 6.08 Å². The zero-order valence-electron chi connectivity index (χ0n) is 16.6. The van der Waals surface area contributed by atoms with Crippen LogP contribution in [0.1, 0.15) is 16.7 Å². The SMILES string of the molecule is O=C1C(=Cc2ccc(OCc3ccc(F)cc3)c(Br)c2)SC(=S)N1Cc1ccc(F)cc1. The third kappa shape index (κ3) is 5.43. The van der Waals surface area contributed by atoms with Crippen molar-refractivity contribution in [3.63, 3.8) is 0 Å². The number of rotatable bonds is 6. The van der Waals surface area contributed by atoms with E-state index in [-0.39, 0.29) is 17.5 Å². The standard InChI is InChI=1S/C24H16BrF2NO2S2/c25-20-11-17(5-10-21(20)30-14-16-3-8-19(27)9-4-16)12-22-23(29)28(24(31)32-22)13-15-1-6-18(26)7-2-15/h1-12H,13-14H2. The van der Waals surface area contributed by atoms with Gasteiger partial charge in [-0.25, -0.2) is 8.78 Å². The molecule has 3 nitrogen and oxygen atoms in total. The Bertz CT molecular complexity index is 1200. The van der Waals surface area contributed by atoms with Crippen molar-refractivity contribution in [3.05, 3.63) is 104 Å². The molecule has 0 unspecified atom stereocenters. The molecule has 1 amide bonds. The second kappa shape index (κ2) is 9.94. The third-order valence-electron chi connectivity index (χ3n) is 4.69. The first kappa shape index (κ1) is 22.6. The molecule has 162 valence electrons. The highest BCUT2D eigenvalue weighted by molar-refractivity contribution is 9.10. The number of hydrogen-bond donors (Lipinski definition) is 0. The molecule has 0 bridgehead atoms. The second-order valence-corrected chi connectivity index (χ2v) is 9.53. The van der Waals surface area contributed by atoms with Gasteiger partial charge in [0.2, 0.25) is 0 Å². The van der Waals surface area contributed by atoms with E-state index in [1.54, 1.807) is 36.4 Å². The van der Waals surface area contributed by atoms with Crippen LogP contribution in [-0.4, -0.2) is 15.1 Å². The molecular weight excluding hydrogens is 516 g/mol. The van der Waals surface area contributed by atoms with E-state index in [1.807, 2.05) is 12.1 Å². The molecule has 0 N–H and O–H groups in total. The van der Waals surface area contributed by atoms with E-state index in [9.17, 15) is 13.6 Å². The van der Waals surface area contributed by atoms with Crippen molar-refractivity contribution in [1.29, 1.82) is 0 Å². The Morgan fingerprint density at radius 2 is 1.59 bits per heavy atom. The van der Waals surface area contributed by atoms with Crippen molar-refractivity contribution in [2.45, 2.75) is 13.2 Å². The highest BCUT2D eigenvalue weighted by atomic mass is 79.9.